The number of rotatable bonds is 5. The lowest BCUT2D eigenvalue weighted by Crippen LogP contribution is -2.08. The molecule has 4 heteroatoms. The Bertz CT molecular complexity index is 33.0. The van der Waals surface area contributed by atoms with Crippen LogP contribution in [0.25, 0.3) is 0 Å². The van der Waals surface area contributed by atoms with Crippen LogP contribution in [0, 0.1) is 0 Å². The molecule has 0 bridgehead atoms. The van der Waals surface area contributed by atoms with Crippen LogP contribution in [0.2, 0.25) is 19.4 Å². The molecule has 0 amide bonds. The largest absolute Gasteiger partial charge is 0.121 e. The van der Waals surface area contributed by atoms with Gasteiger partial charge >= 0.3 is 0 Å². The summed E-state index contributed by atoms with van der Waals surface area (Å²) in [6, 6.07) is 0. The van der Waals surface area contributed by atoms with Crippen molar-refractivity contribution in [1.82, 2.24) is 0 Å². The lowest BCUT2D eigenvalue weighted by atomic mass is 9.24. The van der Waals surface area contributed by atoms with Crippen LogP contribution in [0.5, 0.6) is 0 Å². The smallest absolute Gasteiger partial charge is 0.0639 e. The van der Waals surface area contributed by atoms with E-state index in [2.05, 4.69) is 35.6 Å². The Balaban J connectivity index is 2.53. The lowest BCUT2D eigenvalue weighted by molar-refractivity contribution is 1.47. The molecular formula is C4H10B4. The molecule has 0 heterocycles. The molecule has 4 radical (unpaired) electrons. The average Bonchev–Trinajstić information content (AvgIpc) is 1.81. The van der Waals surface area contributed by atoms with E-state index in [9.17, 15) is 0 Å². The molecule has 8 heavy (non-hydrogen) atoms. The van der Waals surface area contributed by atoms with E-state index in [1.165, 1.54) is 0 Å². The van der Waals surface area contributed by atoms with Gasteiger partial charge < -0.3 is 0 Å². The van der Waals surface area contributed by atoms with Crippen molar-refractivity contribution in [3.8, 4) is 0 Å². The van der Waals surface area contributed by atoms with E-state index < -0.39 is 0 Å². The molecular weight excluding hydrogens is 91.3 g/mol. The molecule has 0 saturated carbocycles. The molecule has 0 aliphatic rings. The van der Waals surface area contributed by atoms with Gasteiger partial charge in [-0.25, -0.2) is 0 Å². The van der Waals surface area contributed by atoms with Crippen molar-refractivity contribution in [2.24, 2.45) is 0 Å². The van der Waals surface area contributed by atoms with Crippen LogP contribution in [0.3, 0.4) is 0 Å². The zero-order chi connectivity index (χ0) is 6.24. The van der Waals surface area contributed by atoms with Crippen molar-refractivity contribution in [1.29, 1.82) is 0 Å². The van der Waals surface area contributed by atoms with E-state index in [0.717, 1.165) is 12.5 Å². The van der Waals surface area contributed by atoms with E-state index in [1.54, 1.807) is 0 Å². The molecule has 0 aromatic carbocycles. The molecule has 0 aliphatic carbocycles. The minimum Gasteiger partial charge on any atom is -0.121 e. The summed E-state index contributed by atoms with van der Waals surface area (Å²) in [6.07, 6.45) is 2.24. The highest BCUT2D eigenvalue weighted by Gasteiger charge is 1.88. The van der Waals surface area contributed by atoms with Crippen LogP contribution >= 0.6 is 0 Å². The Morgan fingerprint density at radius 1 is 1.12 bits per heavy atom. The molecule has 0 aliphatic heterocycles. The van der Waals surface area contributed by atoms with Gasteiger partial charge in [0, 0.05) is 0 Å². The van der Waals surface area contributed by atoms with Crippen molar-refractivity contribution in [3.63, 3.8) is 0 Å². The molecule has 0 atom stereocenters. The van der Waals surface area contributed by atoms with Gasteiger partial charge in [0.2, 0.25) is 0 Å². The summed E-state index contributed by atoms with van der Waals surface area (Å²) in [5.41, 5.74) is 0. The van der Waals surface area contributed by atoms with Gasteiger partial charge in [-0.1, -0.05) is 20.1 Å². The maximum absolute atomic E-state index is 2.18. The molecule has 38 valence electrons. The summed E-state index contributed by atoms with van der Waals surface area (Å²) in [4.78, 5) is 0. The third kappa shape index (κ3) is 6.26. The standard InChI is InChI=1S/C4H10B4/c1-3-6-8-4-7-5-2/h3-4H2,1-2H3. The summed E-state index contributed by atoms with van der Waals surface area (Å²) in [6.45, 7) is 4.19. The van der Waals surface area contributed by atoms with Crippen LogP contribution in [0.1, 0.15) is 6.92 Å². The second kappa shape index (κ2) is 7.26. The van der Waals surface area contributed by atoms with Gasteiger partial charge in [0.25, 0.3) is 0 Å². The first-order chi connectivity index (χ1) is 3.91. The van der Waals surface area contributed by atoms with Gasteiger partial charge in [0.05, 0.1) is 28.7 Å². The molecule has 0 fully saturated rings. The molecule has 0 saturated heterocycles. The van der Waals surface area contributed by atoms with Gasteiger partial charge in [0.1, 0.15) is 0 Å². The zero-order valence-corrected chi connectivity index (χ0v) is 5.72. The Morgan fingerprint density at radius 3 is 2.38 bits per heavy atom. The van der Waals surface area contributed by atoms with Crippen molar-refractivity contribution >= 4 is 28.7 Å². The Labute approximate surface area is 55.7 Å². The van der Waals surface area contributed by atoms with Crippen LogP contribution in [-0.2, 0) is 0 Å². The van der Waals surface area contributed by atoms with Crippen molar-refractivity contribution < 1.29 is 0 Å². The minimum absolute atomic E-state index is 1.09. The lowest BCUT2D eigenvalue weighted by Gasteiger charge is -1.88. The predicted octanol–water partition coefficient (Wildman–Crippen LogP) is 0.495. The van der Waals surface area contributed by atoms with Crippen molar-refractivity contribution in [2.45, 2.75) is 26.3 Å². The summed E-state index contributed by atoms with van der Waals surface area (Å²) in [5.74, 6) is 0. The first-order valence-electron chi connectivity index (χ1n) is 3.18. The Hall–Kier alpha value is 0.260. The van der Waals surface area contributed by atoms with Crippen molar-refractivity contribution in [3.05, 3.63) is 0 Å². The van der Waals surface area contributed by atoms with Gasteiger partial charge in [-0.05, 0) is 0 Å². The fourth-order valence-electron chi connectivity index (χ4n) is 0.478. The zero-order valence-electron chi connectivity index (χ0n) is 5.72. The maximum Gasteiger partial charge on any atom is 0.0639 e. The highest BCUT2D eigenvalue weighted by Crippen LogP contribution is 1.76. The molecule has 0 aromatic heterocycles. The minimum atomic E-state index is 1.09. The molecule has 0 spiro atoms. The van der Waals surface area contributed by atoms with Gasteiger partial charge in [-0.2, -0.15) is 0 Å². The third-order valence-electron chi connectivity index (χ3n) is 0.910. The van der Waals surface area contributed by atoms with E-state index in [4.69, 9.17) is 0 Å². The molecule has 0 aromatic rings. The van der Waals surface area contributed by atoms with E-state index in [0.29, 0.717) is 0 Å². The topological polar surface area (TPSA) is 0 Å². The monoisotopic (exact) mass is 102 g/mol. The van der Waals surface area contributed by atoms with Gasteiger partial charge in [-0.3, -0.25) is 0 Å². The SMILES string of the molecule is C[B][B]C[B][B]CC. The second-order valence-electron chi connectivity index (χ2n) is 1.68. The van der Waals surface area contributed by atoms with Crippen LogP contribution in [0.15, 0.2) is 0 Å². The van der Waals surface area contributed by atoms with E-state index in [1.807, 2.05) is 6.82 Å². The van der Waals surface area contributed by atoms with Crippen LogP contribution in [-0.4, -0.2) is 28.7 Å². The first-order valence-corrected chi connectivity index (χ1v) is 3.18. The fraction of sp³-hybridized carbons (Fsp3) is 1.00. The summed E-state index contributed by atoms with van der Waals surface area (Å²) >= 11 is 0. The summed E-state index contributed by atoms with van der Waals surface area (Å²) < 4.78 is 0. The van der Waals surface area contributed by atoms with Gasteiger partial charge in [0.15, 0.2) is 0 Å². The summed E-state index contributed by atoms with van der Waals surface area (Å²) in [5, 5.41) is 0. The van der Waals surface area contributed by atoms with Crippen LogP contribution < -0.4 is 0 Å². The highest BCUT2D eigenvalue weighted by atomic mass is 13.3. The third-order valence-corrected chi connectivity index (χ3v) is 0.910. The van der Waals surface area contributed by atoms with E-state index >= 15 is 0 Å². The first kappa shape index (κ1) is 8.26. The molecule has 0 N–H and O–H groups in total. The summed E-state index contributed by atoms with van der Waals surface area (Å²) in [7, 11) is 8.58. The molecule has 0 unspecified atom stereocenters. The van der Waals surface area contributed by atoms with Gasteiger partial charge in [-0.15, -0.1) is 6.22 Å². The Kier molecular flexibility index (Phi) is 7.50. The normalized spacial score (nSPS) is 7.75. The molecule has 0 nitrogen and oxygen atoms in total. The number of hydrogen-bond donors (Lipinski definition) is 0. The predicted molar refractivity (Wildman–Crippen MR) is 44.2 cm³/mol. The van der Waals surface area contributed by atoms with Crippen LogP contribution in [0.4, 0.5) is 0 Å². The van der Waals surface area contributed by atoms with E-state index in [-0.39, 0.29) is 0 Å². The highest BCUT2D eigenvalue weighted by molar-refractivity contribution is 7.11. The van der Waals surface area contributed by atoms with Crippen molar-refractivity contribution in [2.75, 3.05) is 0 Å². The number of hydrogen-bond acceptors (Lipinski definition) is 0. The Morgan fingerprint density at radius 2 is 1.88 bits per heavy atom. The fourth-order valence-corrected chi connectivity index (χ4v) is 0.478. The maximum atomic E-state index is 2.18. The second-order valence-corrected chi connectivity index (χ2v) is 1.68. The average molecular weight is 101 g/mol. The molecule has 0 rings (SSSR count). The quantitative estimate of drug-likeness (QED) is 0.349.